The lowest BCUT2D eigenvalue weighted by Gasteiger charge is -2.19. The summed E-state index contributed by atoms with van der Waals surface area (Å²) in [6.07, 6.45) is 11.2. The normalized spacial score (nSPS) is 17.8. The van der Waals surface area contributed by atoms with E-state index in [1.165, 1.54) is 64.2 Å². The van der Waals surface area contributed by atoms with E-state index in [2.05, 4.69) is 117 Å². The zero-order valence-corrected chi connectivity index (χ0v) is 20.5. The van der Waals surface area contributed by atoms with Crippen molar-refractivity contribution in [2.75, 3.05) is 0 Å². The van der Waals surface area contributed by atoms with Crippen LogP contribution in [-0.4, -0.2) is 0 Å². The fraction of sp³-hybridized carbons (Fsp3) is 0.267. The summed E-state index contributed by atoms with van der Waals surface area (Å²) in [4.78, 5) is 0. The molecule has 0 amide bonds. The molecule has 0 aliphatic carbocycles. The quantitative estimate of drug-likeness (QED) is 0.190. The minimum atomic E-state index is 0.491. The largest absolute Gasteiger partial charge is 0.137 e. The first-order chi connectivity index (χ1) is 15.7. The van der Waals surface area contributed by atoms with E-state index in [9.17, 15) is 0 Å². The minimum absolute atomic E-state index is 0.491. The second kappa shape index (κ2) is 11.6. The van der Waals surface area contributed by atoms with Crippen LogP contribution in [0.5, 0.6) is 0 Å². The standard InChI is InChI=1S/C30H32S2/c1-2-3-4-7-16-27-22-29(31)32-30(27)26-19-17-23(18-20-26)21-28(24-12-8-5-9-13-24)25-14-10-6-11-15-25/h5-6,8-15,17-22,27,30-31H,2-4,7,16H2,1H3. The van der Waals surface area contributed by atoms with E-state index in [-0.39, 0.29) is 0 Å². The van der Waals surface area contributed by atoms with E-state index >= 15 is 0 Å². The van der Waals surface area contributed by atoms with Gasteiger partial charge in [0.2, 0.25) is 0 Å². The van der Waals surface area contributed by atoms with Gasteiger partial charge in [-0.1, -0.05) is 124 Å². The number of allylic oxidation sites excluding steroid dienone is 1. The Bertz CT molecular complexity index is 992. The second-order valence-corrected chi connectivity index (χ2v) is 10.5. The first-order valence-electron chi connectivity index (χ1n) is 11.7. The highest BCUT2D eigenvalue weighted by atomic mass is 32.2. The lowest BCUT2D eigenvalue weighted by Crippen LogP contribution is -2.04. The number of thiol groups is 1. The molecule has 0 aromatic heterocycles. The first kappa shape index (κ1) is 23.0. The van der Waals surface area contributed by atoms with E-state index in [0.29, 0.717) is 11.2 Å². The van der Waals surface area contributed by atoms with Crippen LogP contribution >= 0.6 is 24.4 Å². The second-order valence-electron chi connectivity index (χ2n) is 8.51. The van der Waals surface area contributed by atoms with Gasteiger partial charge >= 0.3 is 0 Å². The maximum absolute atomic E-state index is 4.69. The molecule has 0 N–H and O–H groups in total. The van der Waals surface area contributed by atoms with E-state index in [4.69, 9.17) is 0 Å². The predicted molar refractivity (Wildman–Crippen MR) is 146 cm³/mol. The minimum Gasteiger partial charge on any atom is -0.137 e. The third kappa shape index (κ3) is 5.99. The smallest absolute Gasteiger partial charge is 0.0412 e. The number of rotatable bonds is 9. The molecular formula is C30H32S2. The van der Waals surface area contributed by atoms with Crippen molar-refractivity contribution in [2.45, 2.75) is 44.3 Å². The molecule has 0 saturated carbocycles. The van der Waals surface area contributed by atoms with Crippen LogP contribution in [0.2, 0.25) is 0 Å². The first-order valence-corrected chi connectivity index (χ1v) is 13.1. The van der Waals surface area contributed by atoms with Crippen molar-refractivity contribution in [3.05, 3.63) is 117 Å². The highest BCUT2D eigenvalue weighted by molar-refractivity contribution is 8.15. The van der Waals surface area contributed by atoms with Crippen molar-refractivity contribution in [2.24, 2.45) is 5.92 Å². The molecule has 3 aromatic rings. The number of benzene rings is 3. The SMILES string of the molecule is CCCCCCC1C=C(S)SC1c1ccc(C=C(c2ccccc2)c2ccccc2)cc1. The monoisotopic (exact) mass is 456 g/mol. The van der Waals surface area contributed by atoms with Crippen LogP contribution in [-0.2, 0) is 0 Å². The summed E-state index contributed by atoms with van der Waals surface area (Å²) in [7, 11) is 0. The Morgan fingerprint density at radius 2 is 1.44 bits per heavy atom. The Morgan fingerprint density at radius 3 is 2.03 bits per heavy atom. The zero-order chi connectivity index (χ0) is 22.2. The molecule has 2 heteroatoms. The lowest BCUT2D eigenvalue weighted by atomic mass is 9.92. The van der Waals surface area contributed by atoms with Gasteiger partial charge in [0.25, 0.3) is 0 Å². The van der Waals surface area contributed by atoms with Gasteiger partial charge in [0.15, 0.2) is 0 Å². The predicted octanol–water partition coefficient (Wildman–Crippen LogP) is 9.42. The highest BCUT2D eigenvalue weighted by Crippen LogP contribution is 2.50. The van der Waals surface area contributed by atoms with Crippen LogP contribution < -0.4 is 0 Å². The maximum atomic E-state index is 4.69. The van der Waals surface area contributed by atoms with Crippen LogP contribution in [0.25, 0.3) is 11.6 Å². The summed E-state index contributed by atoms with van der Waals surface area (Å²) in [5.74, 6) is 0.593. The molecule has 4 rings (SSSR count). The number of unbranched alkanes of at least 4 members (excludes halogenated alkanes) is 3. The fourth-order valence-corrected chi connectivity index (χ4v) is 6.13. The molecule has 1 aliphatic heterocycles. The van der Waals surface area contributed by atoms with E-state index in [1.807, 2.05) is 11.8 Å². The molecular weight excluding hydrogens is 424 g/mol. The average Bonchev–Trinajstić information content (AvgIpc) is 3.22. The van der Waals surface area contributed by atoms with Gasteiger partial charge in [0.1, 0.15) is 0 Å². The molecule has 2 unspecified atom stereocenters. The van der Waals surface area contributed by atoms with Crippen LogP contribution in [0.15, 0.2) is 95.2 Å². The van der Waals surface area contributed by atoms with Gasteiger partial charge < -0.3 is 0 Å². The molecule has 3 aromatic carbocycles. The Hall–Kier alpha value is -2.16. The van der Waals surface area contributed by atoms with Gasteiger partial charge in [0, 0.05) is 9.49 Å². The van der Waals surface area contributed by atoms with Crippen molar-refractivity contribution in [3.63, 3.8) is 0 Å². The van der Waals surface area contributed by atoms with Crippen LogP contribution in [0.1, 0.15) is 66.5 Å². The Labute approximate surface area is 203 Å². The van der Waals surface area contributed by atoms with Crippen LogP contribution in [0.3, 0.4) is 0 Å². The molecule has 0 bridgehead atoms. The molecule has 0 nitrogen and oxygen atoms in total. The zero-order valence-electron chi connectivity index (χ0n) is 18.8. The fourth-order valence-electron chi connectivity index (χ4n) is 4.40. The Balaban J connectivity index is 1.55. The molecule has 0 spiro atoms. The molecule has 0 radical (unpaired) electrons. The summed E-state index contributed by atoms with van der Waals surface area (Å²) in [5.41, 5.74) is 6.38. The van der Waals surface area contributed by atoms with E-state index in [1.54, 1.807) is 0 Å². The summed E-state index contributed by atoms with van der Waals surface area (Å²) < 4.78 is 1.18. The molecule has 1 heterocycles. The van der Waals surface area contributed by atoms with Crippen molar-refractivity contribution in [3.8, 4) is 0 Å². The van der Waals surface area contributed by atoms with Gasteiger partial charge in [-0.15, -0.1) is 24.4 Å². The third-order valence-corrected chi connectivity index (χ3v) is 7.85. The lowest BCUT2D eigenvalue weighted by molar-refractivity contribution is 0.526. The molecule has 0 saturated heterocycles. The number of thioether (sulfide) groups is 1. The van der Waals surface area contributed by atoms with Crippen molar-refractivity contribution in [1.29, 1.82) is 0 Å². The van der Waals surface area contributed by atoms with Gasteiger partial charge in [-0.25, -0.2) is 0 Å². The summed E-state index contributed by atoms with van der Waals surface area (Å²) in [6, 6.07) is 30.5. The average molecular weight is 457 g/mol. The van der Waals surface area contributed by atoms with Gasteiger partial charge in [-0.05, 0) is 46.2 Å². The van der Waals surface area contributed by atoms with Gasteiger partial charge in [0.05, 0.1) is 0 Å². The Morgan fingerprint density at radius 1 is 0.812 bits per heavy atom. The van der Waals surface area contributed by atoms with Crippen molar-refractivity contribution in [1.82, 2.24) is 0 Å². The van der Waals surface area contributed by atoms with Crippen molar-refractivity contribution >= 4 is 36.0 Å². The molecule has 32 heavy (non-hydrogen) atoms. The summed E-state index contributed by atoms with van der Waals surface area (Å²) in [5, 5.41) is 0.491. The van der Waals surface area contributed by atoms with Crippen LogP contribution in [0, 0.1) is 5.92 Å². The number of hydrogen-bond donors (Lipinski definition) is 1. The van der Waals surface area contributed by atoms with Crippen molar-refractivity contribution < 1.29 is 0 Å². The molecule has 2 atom stereocenters. The third-order valence-electron chi connectivity index (χ3n) is 6.13. The van der Waals surface area contributed by atoms with E-state index in [0.717, 1.165) is 0 Å². The maximum Gasteiger partial charge on any atom is 0.0412 e. The van der Waals surface area contributed by atoms with Gasteiger partial charge in [-0.3, -0.25) is 0 Å². The van der Waals surface area contributed by atoms with Crippen LogP contribution in [0.4, 0.5) is 0 Å². The summed E-state index contributed by atoms with van der Waals surface area (Å²) >= 11 is 6.60. The topological polar surface area (TPSA) is 0 Å². The number of hydrogen-bond acceptors (Lipinski definition) is 2. The molecule has 0 fully saturated rings. The van der Waals surface area contributed by atoms with Gasteiger partial charge in [-0.2, -0.15) is 0 Å². The van der Waals surface area contributed by atoms with E-state index < -0.39 is 0 Å². The Kier molecular flexibility index (Phi) is 8.36. The molecule has 164 valence electrons. The summed E-state index contributed by atoms with van der Waals surface area (Å²) in [6.45, 7) is 2.27. The highest BCUT2D eigenvalue weighted by Gasteiger charge is 2.28. The molecule has 1 aliphatic rings.